The second-order valence-electron chi connectivity index (χ2n) is 1.97. The van der Waals surface area contributed by atoms with Crippen LogP contribution in [0, 0.1) is 0 Å². The highest BCUT2D eigenvalue weighted by molar-refractivity contribution is 4.79. The highest BCUT2D eigenvalue weighted by Crippen LogP contribution is 2.30. The molecule has 0 heterocycles. The number of aliphatic hydroxyl groups excluding tert-OH is 2. The van der Waals surface area contributed by atoms with E-state index in [1.165, 1.54) is 0 Å². The molecule has 0 amide bonds. The molecule has 0 radical (unpaired) electrons. The molecule has 0 aromatic carbocycles. The third-order valence-corrected chi connectivity index (χ3v) is 0.970. The van der Waals surface area contributed by atoms with Crippen LogP contribution in [0.1, 0.15) is 0 Å². The first-order valence-corrected chi connectivity index (χ1v) is 2.56. The molecule has 0 unspecified atom stereocenters. The topological polar surface area (TPSA) is 40.5 Å². The maximum absolute atomic E-state index is 11.3. The van der Waals surface area contributed by atoms with Gasteiger partial charge in [0.05, 0.1) is 0 Å². The van der Waals surface area contributed by atoms with Crippen molar-refractivity contribution in [2.24, 2.45) is 0 Å². The zero-order chi connectivity index (χ0) is 10.2. The van der Waals surface area contributed by atoms with Crippen molar-refractivity contribution < 1.29 is 36.6 Å². The summed E-state index contributed by atoms with van der Waals surface area (Å²) in [4.78, 5) is 0. The molecule has 0 saturated carbocycles. The van der Waals surface area contributed by atoms with E-state index in [-0.39, 0.29) is 0 Å². The van der Waals surface area contributed by atoms with Gasteiger partial charge >= 0.3 is 12.4 Å². The normalized spacial score (nSPS) is 19.0. The van der Waals surface area contributed by atoms with Gasteiger partial charge in [-0.2, -0.15) is 26.3 Å². The van der Waals surface area contributed by atoms with Crippen LogP contribution in [0.4, 0.5) is 26.3 Å². The Labute approximate surface area is 62.4 Å². The van der Waals surface area contributed by atoms with Gasteiger partial charge in [0, 0.05) is 0 Å². The first kappa shape index (κ1) is 11.5. The fraction of sp³-hybridized carbons (Fsp3) is 1.00. The van der Waals surface area contributed by atoms with Crippen LogP contribution in [0.25, 0.3) is 0 Å². The van der Waals surface area contributed by atoms with Gasteiger partial charge in [0.15, 0.2) is 12.2 Å². The van der Waals surface area contributed by atoms with Crippen LogP contribution in [-0.4, -0.2) is 34.8 Å². The molecule has 2 N–H and O–H groups in total. The van der Waals surface area contributed by atoms with E-state index < -0.39 is 24.6 Å². The van der Waals surface area contributed by atoms with Crippen molar-refractivity contribution in [3.05, 3.63) is 0 Å². The van der Waals surface area contributed by atoms with E-state index in [4.69, 9.17) is 10.2 Å². The predicted octanol–water partition coefficient (Wildman–Crippen LogP) is 0.833. The van der Waals surface area contributed by atoms with Crippen LogP contribution in [-0.2, 0) is 0 Å². The lowest BCUT2D eigenvalue weighted by atomic mass is 10.2. The van der Waals surface area contributed by atoms with E-state index in [0.717, 1.165) is 0 Å². The molecule has 0 aromatic rings. The van der Waals surface area contributed by atoms with Crippen LogP contribution in [0.3, 0.4) is 0 Å². The highest BCUT2D eigenvalue weighted by atomic mass is 19.4. The van der Waals surface area contributed by atoms with E-state index in [0.29, 0.717) is 0 Å². The summed E-state index contributed by atoms with van der Waals surface area (Å²) in [5.41, 5.74) is 0. The minimum atomic E-state index is -5.48. The molecule has 2 atom stereocenters. The fourth-order valence-corrected chi connectivity index (χ4v) is 0.358. The van der Waals surface area contributed by atoms with E-state index in [1.54, 1.807) is 0 Å². The van der Waals surface area contributed by atoms with Crippen LogP contribution >= 0.6 is 0 Å². The summed E-state index contributed by atoms with van der Waals surface area (Å²) >= 11 is 0. The number of halogens is 6. The number of hydrogen-bond acceptors (Lipinski definition) is 2. The molecular weight excluding hydrogens is 194 g/mol. The molecule has 74 valence electrons. The van der Waals surface area contributed by atoms with E-state index >= 15 is 0 Å². The average molecular weight is 198 g/mol. The molecule has 0 aliphatic rings. The van der Waals surface area contributed by atoms with Crippen molar-refractivity contribution in [2.75, 3.05) is 0 Å². The van der Waals surface area contributed by atoms with Crippen molar-refractivity contribution in [3.8, 4) is 0 Å². The molecule has 0 fully saturated rings. The highest BCUT2D eigenvalue weighted by Gasteiger charge is 2.53. The van der Waals surface area contributed by atoms with Gasteiger partial charge < -0.3 is 10.2 Å². The quantitative estimate of drug-likeness (QED) is 0.612. The molecule has 0 aliphatic carbocycles. The summed E-state index contributed by atoms with van der Waals surface area (Å²) in [7, 11) is 0. The number of rotatable bonds is 1. The van der Waals surface area contributed by atoms with Crippen molar-refractivity contribution in [3.63, 3.8) is 0 Å². The number of alkyl halides is 6. The molecule has 0 bridgehead atoms. The summed E-state index contributed by atoms with van der Waals surface area (Å²) in [6.07, 6.45) is -18.5. The van der Waals surface area contributed by atoms with Crippen molar-refractivity contribution in [2.45, 2.75) is 24.6 Å². The predicted molar refractivity (Wildman–Crippen MR) is 24.1 cm³/mol. The molecule has 0 aliphatic heterocycles. The van der Waals surface area contributed by atoms with Gasteiger partial charge in [-0.05, 0) is 0 Å². The average Bonchev–Trinajstić information content (AvgIpc) is 1.80. The maximum Gasteiger partial charge on any atom is 0.417 e. The Morgan fingerprint density at radius 2 is 0.833 bits per heavy atom. The lowest BCUT2D eigenvalue weighted by Crippen LogP contribution is -2.47. The van der Waals surface area contributed by atoms with Crippen molar-refractivity contribution in [1.29, 1.82) is 0 Å². The van der Waals surface area contributed by atoms with Crippen LogP contribution in [0.15, 0.2) is 0 Å². The van der Waals surface area contributed by atoms with Gasteiger partial charge in [-0.25, -0.2) is 0 Å². The lowest BCUT2D eigenvalue weighted by Gasteiger charge is -2.21. The van der Waals surface area contributed by atoms with Gasteiger partial charge in [-0.15, -0.1) is 0 Å². The second kappa shape index (κ2) is 3.09. The summed E-state index contributed by atoms with van der Waals surface area (Å²) in [5.74, 6) is 0. The van der Waals surface area contributed by atoms with E-state index in [2.05, 4.69) is 0 Å². The SMILES string of the molecule is O[C@H]([C@H](O)C(F)(F)F)C(F)(F)F. The third kappa shape index (κ3) is 2.86. The minimum Gasteiger partial charge on any atom is -0.381 e. The Morgan fingerprint density at radius 3 is 0.917 bits per heavy atom. The Morgan fingerprint density at radius 1 is 0.667 bits per heavy atom. The van der Waals surface area contributed by atoms with Crippen LogP contribution in [0.5, 0.6) is 0 Å². The molecule has 0 aromatic heterocycles. The van der Waals surface area contributed by atoms with Crippen LogP contribution in [0.2, 0.25) is 0 Å². The molecule has 2 nitrogen and oxygen atoms in total. The smallest absolute Gasteiger partial charge is 0.381 e. The molecule has 0 rings (SSSR count). The van der Waals surface area contributed by atoms with E-state index in [9.17, 15) is 26.3 Å². The molecule has 0 spiro atoms. The first-order valence-electron chi connectivity index (χ1n) is 2.56. The number of hydrogen-bond donors (Lipinski definition) is 2. The summed E-state index contributed by atoms with van der Waals surface area (Å²) in [6, 6.07) is 0. The third-order valence-electron chi connectivity index (χ3n) is 0.970. The summed E-state index contributed by atoms with van der Waals surface area (Å²) in [6.45, 7) is 0. The Bertz CT molecular complexity index is 131. The van der Waals surface area contributed by atoms with Gasteiger partial charge in [0.25, 0.3) is 0 Å². The largest absolute Gasteiger partial charge is 0.417 e. The summed E-state index contributed by atoms with van der Waals surface area (Å²) in [5, 5.41) is 15.8. The maximum atomic E-state index is 11.3. The van der Waals surface area contributed by atoms with Crippen molar-refractivity contribution in [1.82, 2.24) is 0 Å². The number of aliphatic hydroxyl groups is 2. The lowest BCUT2D eigenvalue weighted by molar-refractivity contribution is -0.293. The monoisotopic (exact) mass is 198 g/mol. The Balaban J connectivity index is 4.41. The standard InChI is InChI=1S/C4H4F6O2/c5-3(6,7)1(11)2(12)4(8,9)10/h1-2,11-12H/t1-,2+. The minimum absolute atomic E-state index is 3.79. The van der Waals surface area contributed by atoms with Gasteiger partial charge in [-0.1, -0.05) is 0 Å². The van der Waals surface area contributed by atoms with Crippen molar-refractivity contribution >= 4 is 0 Å². The first-order chi connectivity index (χ1) is 5.07. The van der Waals surface area contributed by atoms with Gasteiger partial charge in [0.2, 0.25) is 0 Å². The molecule has 0 saturated heterocycles. The zero-order valence-corrected chi connectivity index (χ0v) is 5.32. The van der Waals surface area contributed by atoms with E-state index in [1.807, 2.05) is 0 Å². The van der Waals surface area contributed by atoms with Crippen LogP contribution < -0.4 is 0 Å². The molecular formula is C4H4F6O2. The zero-order valence-electron chi connectivity index (χ0n) is 5.32. The molecule has 8 heteroatoms. The Kier molecular flexibility index (Phi) is 2.97. The van der Waals surface area contributed by atoms with Gasteiger partial charge in [0.1, 0.15) is 0 Å². The Hall–Kier alpha value is -0.500. The second-order valence-corrected chi connectivity index (χ2v) is 1.97. The fourth-order valence-electron chi connectivity index (χ4n) is 0.358. The van der Waals surface area contributed by atoms with Gasteiger partial charge in [-0.3, -0.25) is 0 Å². The molecule has 12 heavy (non-hydrogen) atoms. The summed E-state index contributed by atoms with van der Waals surface area (Å²) < 4.78 is 67.9.